The second-order valence-corrected chi connectivity index (χ2v) is 12.7. The molecule has 4 aromatic carbocycles. The molecule has 8 nitrogen and oxygen atoms in total. The van der Waals surface area contributed by atoms with Crippen molar-refractivity contribution in [3.8, 4) is 23.0 Å². The molecule has 214 valence electrons. The largest absolute Gasteiger partial charge is 0.457 e. The van der Waals surface area contributed by atoms with Crippen molar-refractivity contribution in [2.24, 2.45) is 0 Å². The average Bonchev–Trinajstić information content (AvgIpc) is 3.49. The highest BCUT2D eigenvalue weighted by Crippen LogP contribution is 2.27. The standard InChI is InChI=1S/C32H30N4O4S2/c1-24-7-11-27(12-8-24)40-28-13-9-25(10-14-28)23-31-33-32(41-34-31)35-19-21-36(22-20-35)42(37,38)30-17-15-29(16-18-30)39-26-5-3-2-4-6-26/h2-18H,19-23H2,1H3. The van der Waals surface area contributed by atoms with Gasteiger partial charge in [-0.25, -0.2) is 13.4 Å². The van der Waals surface area contributed by atoms with Crippen LogP contribution < -0.4 is 14.4 Å². The number of nitrogens with zero attached hydrogens (tertiary/aromatic N) is 4. The van der Waals surface area contributed by atoms with Crippen LogP contribution in [-0.2, 0) is 16.4 Å². The summed E-state index contributed by atoms with van der Waals surface area (Å²) in [4.78, 5) is 7.09. The second kappa shape index (κ2) is 12.3. The minimum Gasteiger partial charge on any atom is -0.457 e. The summed E-state index contributed by atoms with van der Waals surface area (Å²) in [6.07, 6.45) is 0.611. The number of sulfonamides is 1. The van der Waals surface area contributed by atoms with Gasteiger partial charge in [-0.05, 0) is 73.2 Å². The van der Waals surface area contributed by atoms with E-state index in [1.165, 1.54) is 21.4 Å². The minimum absolute atomic E-state index is 0.254. The van der Waals surface area contributed by atoms with Crippen LogP contribution in [0.25, 0.3) is 0 Å². The van der Waals surface area contributed by atoms with Crippen LogP contribution in [0.2, 0.25) is 0 Å². The maximum atomic E-state index is 13.3. The van der Waals surface area contributed by atoms with Crippen molar-refractivity contribution in [1.82, 2.24) is 13.7 Å². The van der Waals surface area contributed by atoms with E-state index < -0.39 is 10.0 Å². The lowest BCUT2D eigenvalue weighted by atomic mass is 10.1. The van der Waals surface area contributed by atoms with Crippen LogP contribution in [0.5, 0.6) is 23.0 Å². The van der Waals surface area contributed by atoms with Gasteiger partial charge in [0.15, 0.2) is 0 Å². The Morgan fingerprint density at radius 2 is 1.26 bits per heavy atom. The molecule has 0 spiro atoms. The van der Waals surface area contributed by atoms with Crippen molar-refractivity contribution in [3.63, 3.8) is 0 Å². The molecule has 5 aromatic rings. The lowest BCUT2D eigenvalue weighted by Crippen LogP contribution is -2.48. The minimum atomic E-state index is -3.61. The Morgan fingerprint density at radius 1 is 0.714 bits per heavy atom. The Bertz CT molecular complexity index is 1720. The van der Waals surface area contributed by atoms with Gasteiger partial charge in [0, 0.05) is 44.1 Å². The molecule has 0 aliphatic carbocycles. The van der Waals surface area contributed by atoms with E-state index in [1.807, 2.05) is 85.8 Å². The first-order valence-corrected chi connectivity index (χ1v) is 15.9. The number of aromatic nitrogens is 2. The van der Waals surface area contributed by atoms with Crippen LogP contribution in [0.15, 0.2) is 108 Å². The first-order chi connectivity index (χ1) is 20.4. The fourth-order valence-corrected chi connectivity index (χ4v) is 6.78. The molecular weight excluding hydrogens is 569 g/mol. The van der Waals surface area contributed by atoms with Gasteiger partial charge >= 0.3 is 0 Å². The molecule has 2 heterocycles. The van der Waals surface area contributed by atoms with Crippen molar-refractivity contribution in [2.75, 3.05) is 31.1 Å². The Kier molecular flexibility index (Phi) is 8.18. The molecule has 1 aromatic heterocycles. The third-order valence-electron chi connectivity index (χ3n) is 6.95. The number of hydrogen-bond acceptors (Lipinski definition) is 8. The van der Waals surface area contributed by atoms with Crippen molar-refractivity contribution >= 4 is 26.7 Å². The van der Waals surface area contributed by atoms with Crippen molar-refractivity contribution in [2.45, 2.75) is 18.2 Å². The summed E-state index contributed by atoms with van der Waals surface area (Å²) in [7, 11) is -3.61. The van der Waals surface area contributed by atoms with E-state index in [9.17, 15) is 8.42 Å². The molecule has 0 radical (unpaired) electrons. The monoisotopic (exact) mass is 598 g/mol. The SMILES string of the molecule is Cc1ccc(Oc2ccc(Cc3nsc(N4CCN(S(=O)(=O)c5ccc(Oc6ccccc6)cc5)CC4)n3)cc2)cc1. The number of benzene rings is 4. The molecule has 1 fully saturated rings. The smallest absolute Gasteiger partial charge is 0.243 e. The number of para-hydroxylation sites is 1. The Hall–Kier alpha value is -4.25. The molecule has 0 atom stereocenters. The molecule has 1 saturated heterocycles. The summed E-state index contributed by atoms with van der Waals surface area (Å²) in [6, 6.07) is 31.9. The predicted molar refractivity (Wildman–Crippen MR) is 164 cm³/mol. The fourth-order valence-electron chi connectivity index (χ4n) is 4.62. The molecule has 6 rings (SSSR count). The average molecular weight is 599 g/mol. The number of anilines is 1. The molecule has 1 aliphatic rings. The molecule has 10 heteroatoms. The molecule has 0 amide bonds. The van der Waals surface area contributed by atoms with Crippen LogP contribution in [0, 0.1) is 6.92 Å². The van der Waals surface area contributed by atoms with E-state index in [2.05, 4.69) is 9.27 Å². The van der Waals surface area contributed by atoms with E-state index in [4.69, 9.17) is 14.5 Å². The van der Waals surface area contributed by atoms with Gasteiger partial charge in [0.1, 0.15) is 28.8 Å². The van der Waals surface area contributed by atoms with E-state index in [0.717, 1.165) is 28.0 Å². The van der Waals surface area contributed by atoms with Gasteiger partial charge in [-0.1, -0.05) is 48.0 Å². The number of ether oxygens (including phenoxy) is 2. The molecule has 0 unspecified atom stereocenters. The molecule has 0 bridgehead atoms. The van der Waals surface area contributed by atoms with E-state index in [1.54, 1.807) is 24.3 Å². The first kappa shape index (κ1) is 27.9. The first-order valence-electron chi connectivity index (χ1n) is 13.7. The summed E-state index contributed by atoms with van der Waals surface area (Å²) in [5, 5.41) is 0.809. The van der Waals surface area contributed by atoms with E-state index in [0.29, 0.717) is 44.1 Å². The van der Waals surface area contributed by atoms with E-state index in [-0.39, 0.29) is 4.90 Å². The molecule has 42 heavy (non-hydrogen) atoms. The zero-order valence-electron chi connectivity index (χ0n) is 23.1. The number of aryl methyl sites for hydroxylation is 1. The van der Waals surface area contributed by atoms with Crippen LogP contribution >= 0.6 is 11.5 Å². The Morgan fingerprint density at radius 3 is 1.88 bits per heavy atom. The van der Waals surface area contributed by atoms with Crippen LogP contribution in [-0.4, -0.2) is 48.3 Å². The predicted octanol–water partition coefficient (Wildman–Crippen LogP) is 6.53. The molecule has 0 N–H and O–H groups in total. The molecule has 1 aliphatic heterocycles. The number of hydrogen-bond donors (Lipinski definition) is 0. The maximum absolute atomic E-state index is 13.3. The van der Waals surface area contributed by atoms with Crippen molar-refractivity contribution in [1.29, 1.82) is 0 Å². The van der Waals surface area contributed by atoms with Crippen LogP contribution in [0.4, 0.5) is 5.13 Å². The summed E-state index contributed by atoms with van der Waals surface area (Å²) in [6.45, 7) is 3.90. The van der Waals surface area contributed by atoms with E-state index >= 15 is 0 Å². The molecule has 0 saturated carbocycles. The molecular formula is C32H30N4O4S2. The van der Waals surface area contributed by atoms with Gasteiger partial charge < -0.3 is 14.4 Å². The number of piperazine rings is 1. The lowest BCUT2D eigenvalue weighted by molar-refractivity contribution is 0.384. The van der Waals surface area contributed by atoms with Gasteiger partial charge in [-0.3, -0.25) is 0 Å². The summed E-state index contributed by atoms with van der Waals surface area (Å²) < 4.78 is 44.4. The van der Waals surface area contributed by atoms with Gasteiger partial charge in [0.05, 0.1) is 4.90 Å². The Labute approximate surface area is 250 Å². The zero-order chi connectivity index (χ0) is 28.9. The van der Waals surface area contributed by atoms with Crippen LogP contribution in [0.3, 0.4) is 0 Å². The van der Waals surface area contributed by atoms with Crippen molar-refractivity contribution in [3.05, 3.63) is 120 Å². The second-order valence-electron chi connectivity index (χ2n) is 10.0. The third-order valence-corrected chi connectivity index (χ3v) is 9.68. The zero-order valence-corrected chi connectivity index (χ0v) is 24.7. The fraction of sp³-hybridized carbons (Fsp3) is 0.188. The lowest BCUT2D eigenvalue weighted by Gasteiger charge is -2.33. The number of rotatable bonds is 9. The maximum Gasteiger partial charge on any atom is 0.243 e. The highest BCUT2D eigenvalue weighted by molar-refractivity contribution is 7.89. The van der Waals surface area contributed by atoms with Gasteiger partial charge in [0.25, 0.3) is 0 Å². The highest BCUT2D eigenvalue weighted by Gasteiger charge is 2.29. The van der Waals surface area contributed by atoms with Gasteiger partial charge in [0.2, 0.25) is 15.2 Å². The van der Waals surface area contributed by atoms with Gasteiger partial charge in [-0.2, -0.15) is 8.68 Å². The Balaban J connectivity index is 1.02. The van der Waals surface area contributed by atoms with Crippen molar-refractivity contribution < 1.29 is 17.9 Å². The normalized spacial score (nSPS) is 14.1. The van der Waals surface area contributed by atoms with Gasteiger partial charge in [-0.15, -0.1) is 0 Å². The summed E-state index contributed by atoms with van der Waals surface area (Å²) in [5.41, 5.74) is 2.28. The highest BCUT2D eigenvalue weighted by atomic mass is 32.2. The summed E-state index contributed by atoms with van der Waals surface area (Å²) in [5.74, 6) is 3.61. The quantitative estimate of drug-likeness (QED) is 0.191. The summed E-state index contributed by atoms with van der Waals surface area (Å²) >= 11 is 1.35. The third kappa shape index (κ3) is 6.62. The topological polar surface area (TPSA) is 84.9 Å². The van der Waals surface area contributed by atoms with Crippen LogP contribution in [0.1, 0.15) is 17.0 Å².